The molecule has 0 unspecified atom stereocenters. The van der Waals surface area contributed by atoms with Crippen LogP contribution in [0.15, 0.2) is 11.6 Å². The fourth-order valence-corrected chi connectivity index (χ4v) is 2.40. The molecule has 3 atom stereocenters. The van der Waals surface area contributed by atoms with E-state index in [1.54, 1.807) is 0 Å². The van der Waals surface area contributed by atoms with Gasteiger partial charge in [0, 0.05) is 5.92 Å². The zero-order valence-corrected chi connectivity index (χ0v) is 8.83. The first-order valence-electron chi connectivity index (χ1n) is 5.01. The second-order valence-electron chi connectivity index (χ2n) is 4.71. The summed E-state index contributed by atoms with van der Waals surface area (Å²) in [5.74, 6) is 0.0997. The van der Waals surface area contributed by atoms with Crippen molar-refractivity contribution in [2.24, 2.45) is 5.92 Å². The van der Waals surface area contributed by atoms with Gasteiger partial charge in [0.15, 0.2) is 5.79 Å². The van der Waals surface area contributed by atoms with Crippen molar-refractivity contribution in [3.05, 3.63) is 11.6 Å². The van der Waals surface area contributed by atoms with Gasteiger partial charge in [-0.15, -0.1) is 0 Å². The SMILES string of the molecule is CC1=C[C@@H](C)[C@@H]2OC(C)(C)O[C@@H]2C1. The normalized spacial score (nSPS) is 42.8. The van der Waals surface area contributed by atoms with E-state index in [0.717, 1.165) is 6.42 Å². The Morgan fingerprint density at radius 1 is 1.38 bits per heavy atom. The molecule has 0 radical (unpaired) electrons. The van der Waals surface area contributed by atoms with E-state index in [1.165, 1.54) is 5.57 Å². The summed E-state index contributed by atoms with van der Waals surface area (Å²) in [6.45, 7) is 8.35. The largest absolute Gasteiger partial charge is 0.344 e. The first kappa shape index (κ1) is 9.22. The molecule has 1 aliphatic carbocycles. The highest BCUT2D eigenvalue weighted by atomic mass is 16.8. The molecule has 74 valence electrons. The van der Waals surface area contributed by atoms with Gasteiger partial charge in [0.2, 0.25) is 0 Å². The fourth-order valence-electron chi connectivity index (χ4n) is 2.40. The molecule has 2 nitrogen and oxygen atoms in total. The van der Waals surface area contributed by atoms with Gasteiger partial charge in [-0.3, -0.25) is 0 Å². The molecule has 0 aromatic rings. The van der Waals surface area contributed by atoms with Crippen molar-refractivity contribution < 1.29 is 9.47 Å². The summed E-state index contributed by atoms with van der Waals surface area (Å²) < 4.78 is 11.7. The number of fused-ring (bicyclic) bond motifs is 1. The van der Waals surface area contributed by atoms with Crippen LogP contribution in [0.4, 0.5) is 0 Å². The average molecular weight is 182 g/mol. The van der Waals surface area contributed by atoms with Crippen LogP contribution in [0.3, 0.4) is 0 Å². The Kier molecular flexibility index (Phi) is 2.00. The monoisotopic (exact) mass is 182 g/mol. The lowest BCUT2D eigenvalue weighted by Crippen LogP contribution is -2.32. The Labute approximate surface area is 79.9 Å². The third-order valence-electron chi connectivity index (χ3n) is 2.81. The van der Waals surface area contributed by atoms with Crippen LogP contribution in [-0.2, 0) is 9.47 Å². The maximum absolute atomic E-state index is 5.85. The van der Waals surface area contributed by atoms with E-state index in [0.29, 0.717) is 5.92 Å². The summed E-state index contributed by atoms with van der Waals surface area (Å²) in [7, 11) is 0. The molecular formula is C11H18O2. The second kappa shape index (κ2) is 2.82. The van der Waals surface area contributed by atoms with Crippen LogP contribution in [-0.4, -0.2) is 18.0 Å². The molecule has 2 heteroatoms. The van der Waals surface area contributed by atoms with E-state index in [2.05, 4.69) is 19.9 Å². The van der Waals surface area contributed by atoms with Crippen LogP contribution >= 0.6 is 0 Å². The molecule has 0 bridgehead atoms. The lowest BCUT2D eigenvalue weighted by Gasteiger charge is -2.26. The molecule has 1 heterocycles. The van der Waals surface area contributed by atoms with E-state index in [9.17, 15) is 0 Å². The van der Waals surface area contributed by atoms with Crippen LogP contribution < -0.4 is 0 Å². The molecule has 2 rings (SSSR count). The molecule has 0 amide bonds. The molecule has 0 aromatic heterocycles. The second-order valence-corrected chi connectivity index (χ2v) is 4.71. The zero-order chi connectivity index (χ0) is 9.64. The molecular weight excluding hydrogens is 164 g/mol. The first-order valence-corrected chi connectivity index (χ1v) is 5.01. The number of hydrogen-bond acceptors (Lipinski definition) is 2. The smallest absolute Gasteiger partial charge is 0.163 e. The van der Waals surface area contributed by atoms with Crippen LogP contribution in [0.2, 0.25) is 0 Å². The van der Waals surface area contributed by atoms with E-state index < -0.39 is 0 Å². The van der Waals surface area contributed by atoms with Gasteiger partial charge in [-0.1, -0.05) is 18.6 Å². The van der Waals surface area contributed by atoms with Crippen LogP contribution in [0, 0.1) is 5.92 Å². The predicted octanol–water partition coefficient (Wildman–Crippen LogP) is 2.49. The lowest BCUT2D eigenvalue weighted by atomic mass is 9.88. The molecule has 1 aliphatic heterocycles. The minimum absolute atomic E-state index is 0.263. The van der Waals surface area contributed by atoms with Crippen molar-refractivity contribution in [3.8, 4) is 0 Å². The lowest BCUT2D eigenvalue weighted by molar-refractivity contribution is -0.147. The van der Waals surface area contributed by atoms with Crippen molar-refractivity contribution in [2.45, 2.75) is 52.1 Å². The summed E-state index contributed by atoms with van der Waals surface area (Å²) in [5, 5.41) is 0. The van der Waals surface area contributed by atoms with Gasteiger partial charge in [0.25, 0.3) is 0 Å². The predicted molar refractivity (Wildman–Crippen MR) is 51.4 cm³/mol. The summed E-state index contributed by atoms with van der Waals surface area (Å²) in [4.78, 5) is 0. The first-order chi connectivity index (χ1) is 5.98. The highest BCUT2D eigenvalue weighted by molar-refractivity contribution is 5.12. The Morgan fingerprint density at radius 3 is 2.77 bits per heavy atom. The molecule has 2 aliphatic rings. The molecule has 1 saturated heterocycles. The number of hydrogen-bond donors (Lipinski definition) is 0. The number of ether oxygens (including phenoxy) is 2. The maximum Gasteiger partial charge on any atom is 0.163 e. The van der Waals surface area contributed by atoms with Crippen molar-refractivity contribution in [1.82, 2.24) is 0 Å². The van der Waals surface area contributed by atoms with E-state index in [4.69, 9.17) is 9.47 Å². The zero-order valence-electron chi connectivity index (χ0n) is 8.83. The Bertz CT molecular complexity index is 242. The maximum atomic E-state index is 5.85. The summed E-state index contributed by atoms with van der Waals surface area (Å²) >= 11 is 0. The molecule has 0 saturated carbocycles. The Hall–Kier alpha value is -0.340. The van der Waals surface area contributed by atoms with Gasteiger partial charge in [0.1, 0.15) is 0 Å². The van der Waals surface area contributed by atoms with Crippen LogP contribution in [0.1, 0.15) is 34.1 Å². The quantitative estimate of drug-likeness (QED) is 0.536. The Balaban J connectivity index is 2.18. The van der Waals surface area contributed by atoms with Gasteiger partial charge in [-0.25, -0.2) is 0 Å². The summed E-state index contributed by atoms with van der Waals surface area (Å²) in [5.41, 5.74) is 1.43. The van der Waals surface area contributed by atoms with Crippen LogP contribution in [0.25, 0.3) is 0 Å². The van der Waals surface area contributed by atoms with E-state index in [-0.39, 0.29) is 18.0 Å². The van der Waals surface area contributed by atoms with E-state index in [1.807, 2.05) is 13.8 Å². The molecule has 0 N–H and O–H groups in total. The van der Waals surface area contributed by atoms with Crippen molar-refractivity contribution >= 4 is 0 Å². The van der Waals surface area contributed by atoms with Gasteiger partial charge in [-0.2, -0.15) is 0 Å². The van der Waals surface area contributed by atoms with Crippen molar-refractivity contribution in [2.75, 3.05) is 0 Å². The number of rotatable bonds is 0. The van der Waals surface area contributed by atoms with Gasteiger partial charge < -0.3 is 9.47 Å². The van der Waals surface area contributed by atoms with Gasteiger partial charge in [-0.05, 0) is 27.2 Å². The van der Waals surface area contributed by atoms with Gasteiger partial charge >= 0.3 is 0 Å². The minimum atomic E-state index is -0.387. The average Bonchev–Trinajstić information content (AvgIpc) is 2.23. The fraction of sp³-hybridized carbons (Fsp3) is 0.818. The topological polar surface area (TPSA) is 18.5 Å². The van der Waals surface area contributed by atoms with Crippen molar-refractivity contribution in [1.29, 1.82) is 0 Å². The Morgan fingerprint density at radius 2 is 2.08 bits per heavy atom. The highest BCUT2D eigenvalue weighted by Crippen LogP contribution is 2.38. The standard InChI is InChI=1S/C11H18O2/c1-7-5-8(2)10-9(6-7)12-11(3,4)13-10/h5,8-10H,6H2,1-4H3/t8-,9-,10+/m1/s1. The van der Waals surface area contributed by atoms with Gasteiger partial charge in [0.05, 0.1) is 12.2 Å². The molecule has 0 aromatic carbocycles. The molecule has 13 heavy (non-hydrogen) atoms. The minimum Gasteiger partial charge on any atom is -0.344 e. The van der Waals surface area contributed by atoms with Crippen molar-refractivity contribution in [3.63, 3.8) is 0 Å². The summed E-state index contributed by atoms with van der Waals surface area (Å²) in [6.07, 6.45) is 3.86. The molecule has 0 spiro atoms. The van der Waals surface area contributed by atoms with Crippen LogP contribution in [0.5, 0.6) is 0 Å². The van der Waals surface area contributed by atoms with E-state index >= 15 is 0 Å². The highest BCUT2D eigenvalue weighted by Gasteiger charge is 2.44. The third kappa shape index (κ3) is 1.65. The molecule has 1 fully saturated rings. The third-order valence-corrected chi connectivity index (χ3v) is 2.81. The summed E-state index contributed by atoms with van der Waals surface area (Å²) in [6, 6.07) is 0.